The van der Waals surface area contributed by atoms with Crippen molar-refractivity contribution in [2.75, 3.05) is 26.5 Å². The average molecular weight is 394 g/mol. The number of allylic oxidation sites excluding steroid dienone is 1. The van der Waals surface area contributed by atoms with Gasteiger partial charge in [0.15, 0.2) is 0 Å². The number of hydrogen-bond donors (Lipinski definition) is 0. The van der Waals surface area contributed by atoms with E-state index in [1.165, 1.54) is 12.0 Å². The van der Waals surface area contributed by atoms with Crippen LogP contribution < -0.4 is 4.74 Å². The second kappa shape index (κ2) is 8.90. The summed E-state index contributed by atoms with van der Waals surface area (Å²) in [5.41, 5.74) is 10.1. The van der Waals surface area contributed by atoms with Crippen LogP contribution in [-0.2, 0) is 14.3 Å². The van der Waals surface area contributed by atoms with E-state index in [0.29, 0.717) is 13.0 Å². The number of carbonyl (C=O) groups excluding carboxylic acids is 1. The summed E-state index contributed by atoms with van der Waals surface area (Å²) in [6, 6.07) is 4.33. The number of benzene rings is 1. The van der Waals surface area contributed by atoms with Crippen LogP contribution in [0.2, 0.25) is 0 Å². The Bertz CT molecular complexity index is 891. The van der Waals surface area contributed by atoms with Crippen LogP contribution in [0.1, 0.15) is 30.1 Å². The zero-order chi connectivity index (χ0) is 20.0. The van der Waals surface area contributed by atoms with E-state index in [1.54, 1.807) is 18.2 Å². The normalized spacial score (nSPS) is 18.4. The third-order valence-electron chi connectivity index (χ3n) is 4.13. The molecule has 0 spiro atoms. The van der Waals surface area contributed by atoms with Crippen LogP contribution in [0, 0.1) is 0 Å². The Hall–Kier alpha value is -2.55. The molecule has 1 amide bonds. The summed E-state index contributed by atoms with van der Waals surface area (Å²) >= 11 is 0. The fourth-order valence-electron chi connectivity index (χ4n) is 3.01. The molecule has 0 unspecified atom stereocenters. The fraction of sp³-hybridized carbons (Fsp3) is 0.471. The highest BCUT2D eigenvalue weighted by molar-refractivity contribution is 7.85. The van der Waals surface area contributed by atoms with Gasteiger partial charge in [-0.3, -0.25) is 8.98 Å². The van der Waals surface area contributed by atoms with Gasteiger partial charge in [0, 0.05) is 11.5 Å². The van der Waals surface area contributed by atoms with Gasteiger partial charge in [-0.1, -0.05) is 29.8 Å². The van der Waals surface area contributed by atoms with Crippen LogP contribution >= 0.6 is 0 Å². The van der Waals surface area contributed by atoms with Gasteiger partial charge in [0.25, 0.3) is 16.0 Å². The monoisotopic (exact) mass is 394 g/mol. The van der Waals surface area contributed by atoms with Gasteiger partial charge in [0.1, 0.15) is 5.75 Å². The molecule has 2 rings (SSSR count). The van der Waals surface area contributed by atoms with E-state index in [-0.39, 0.29) is 29.5 Å². The Morgan fingerprint density at radius 3 is 2.81 bits per heavy atom. The van der Waals surface area contributed by atoms with Gasteiger partial charge in [-0.15, -0.1) is 0 Å². The highest BCUT2D eigenvalue weighted by Crippen LogP contribution is 2.34. The van der Waals surface area contributed by atoms with Gasteiger partial charge in [-0.2, -0.15) is 8.42 Å². The zero-order valence-corrected chi connectivity index (χ0v) is 16.3. The van der Waals surface area contributed by atoms with E-state index in [9.17, 15) is 13.2 Å². The lowest BCUT2D eigenvalue weighted by molar-refractivity contribution is 0.0696. The van der Waals surface area contributed by atoms with Crippen molar-refractivity contribution in [2.24, 2.45) is 5.11 Å². The lowest BCUT2D eigenvalue weighted by Crippen LogP contribution is -2.38. The number of likely N-dealkylation sites (tertiary alicyclic amines) is 1. The van der Waals surface area contributed by atoms with Gasteiger partial charge in [-0.05, 0) is 30.5 Å². The van der Waals surface area contributed by atoms with E-state index in [4.69, 9.17) is 14.5 Å². The number of nitrogens with zero attached hydrogens (tertiary/aromatic N) is 4. The second-order valence-corrected chi connectivity index (χ2v) is 7.74. The molecule has 1 heterocycles. The summed E-state index contributed by atoms with van der Waals surface area (Å²) in [6.45, 7) is 2.21. The van der Waals surface area contributed by atoms with Crippen LogP contribution in [0.4, 0.5) is 5.69 Å². The van der Waals surface area contributed by atoms with Crippen LogP contribution in [-0.4, -0.2) is 51.8 Å². The number of hydrogen-bond acceptors (Lipinski definition) is 6. The highest BCUT2D eigenvalue weighted by atomic mass is 32.2. The first-order chi connectivity index (χ1) is 12.8. The van der Waals surface area contributed by atoms with Crippen LogP contribution in [0.3, 0.4) is 0 Å². The summed E-state index contributed by atoms with van der Waals surface area (Å²) in [4.78, 5) is 17.5. The van der Waals surface area contributed by atoms with E-state index < -0.39 is 16.2 Å². The molecule has 1 atom stereocenters. The number of methoxy groups -OCH3 is 1. The van der Waals surface area contributed by atoms with Crippen molar-refractivity contribution in [1.82, 2.24) is 4.90 Å². The predicted molar refractivity (Wildman–Crippen MR) is 100 cm³/mol. The third kappa shape index (κ3) is 5.22. The molecule has 0 radical (unpaired) electrons. The maximum atomic E-state index is 13.2. The van der Waals surface area contributed by atoms with Gasteiger partial charge >= 0.3 is 0 Å². The minimum atomic E-state index is -3.63. The minimum Gasteiger partial charge on any atom is -0.496 e. The SMILES string of the molecule is CC/C=C1/C[C@@H](COS(C)(=O)=O)N(C(=O)c2cccc(OC)c2N=[N+]=[N-])C1. The summed E-state index contributed by atoms with van der Waals surface area (Å²) in [5, 5.41) is 3.60. The largest absolute Gasteiger partial charge is 0.496 e. The molecule has 1 fully saturated rings. The van der Waals surface area contributed by atoms with Crippen LogP contribution in [0.15, 0.2) is 35.0 Å². The predicted octanol–water partition coefficient (Wildman–Crippen LogP) is 3.16. The van der Waals surface area contributed by atoms with E-state index in [0.717, 1.165) is 18.2 Å². The lowest BCUT2D eigenvalue weighted by Gasteiger charge is -2.24. The molecule has 1 aromatic carbocycles. The van der Waals surface area contributed by atoms with Gasteiger partial charge in [0.05, 0.1) is 37.3 Å². The van der Waals surface area contributed by atoms with Crippen LogP contribution in [0.25, 0.3) is 10.4 Å². The van der Waals surface area contributed by atoms with Crippen molar-refractivity contribution in [3.63, 3.8) is 0 Å². The quantitative estimate of drug-likeness (QED) is 0.231. The Morgan fingerprint density at radius 2 is 2.22 bits per heavy atom. The number of rotatable bonds is 7. The molecule has 1 aromatic rings. The Kier molecular flexibility index (Phi) is 6.84. The molecule has 0 bridgehead atoms. The molecule has 0 saturated carbocycles. The van der Waals surface area contributed by atoms with Crippen molar-refractivity contribution in [3.8, 4) is 5.75 Å². The lowest BCUT2D eigenvalue weighted by atomic mass is 10.1. The molecular weight excluding hydrogens is 372 g/mol. The molecule has 1 saturated heterocycles. The summed E-state index contributed by atoms with van der Waals surface area (Å²) in [5.74, 6) is -0.0935. The molecule has 9 nitrogen and oxygen atoms in total. The molecule has 1 aliphatic heterocycles. The summed E-state index contributed by atoms with van der Waals surface area (Å²) in [6.07, 6.45) is 4.31. The van der Waals surface area contributed by atoms with Crippen molar-refractivity contribution in [2.45, 2.75) is 25.8 Å². The van der Waals surface area contributed by atoms with Crippen molar-refractivity contribution in [1.29, 1.82) is 0 Å². The summed E-state index contributed by atoms with van der Waals surface area (Å²) < 4.78 is 32.8. The van der Waals surface area contributed by atoms with Crippen molar-refractivity contribution >= 4 is 21.7 Å². The first-order valence-electron chi connectivity index (χ1n) is 8.36. The van der Waals surface area contributed by atoms with Gasteiger partial charge in [0.2, 0.25) is 0 Å². The van der Waals surface area contributed by atoms with E-state index >= 15 is 0 Å². The Balaban J connectivity index is 2.39. The van der Waals surface area contributed by atoms with Gasteiger partial charge < -0.3 is 9.64 Å². The number of amides is 1. The second-order valence-electron chi connectivity index (χ2n) is 6.10. The number of azide groups is 1. The molecule has 0 aromatic heterocycles. The van der Waals surface area contributed by atoms with Crippen molar-refractivity contribution < 1.29 is 22.1 Å². The number of ether oxygens (including phenoxy) is 1. The maximum absolute atomic E-state index is 13.2. The number of carbonyl (C=O) groups is 1. The van der Waals surface area contributed by atoms with Crippen LogP contribution in [0.5, 0.6) is 5.75 Å². The minimum absolute atomic E-state index is 0.100. The van der Waals surface area contributed by atoms with E-state index in [1.807, 2.05) is 13.0 Å². The molecule has 146 valence electrons. The fourth-order valence-corrected chi connectivity index (χ4v) is 3.42. The Morgan fingerprint density at radius 1 is 1.48 bits per heavy atom. The molecule has 10 heteroatoms. The highest BCUT2D eigenvalue weighted by Gasteiger charge is 2.34. The average Bonchev–Trinajstić information content (AvgIpc) is 3.02. The zero-order valence-electron chi connectivity index (χ0n) is 15.5. The standard InChI is InChI=1S/C17H22N4O5S/c1-4-6-12-9-13(11-26-27(3,23)24)21(10-12)17(22)14-7-5-8-15(25-2)16(14)19-20-18/h5-8,13H,4,9-11H2,1-3H3/b12-6-/t13-/m0/s1. The third-order valence-corrected chi connectivity index (χ3v) is 4.70. The first kappa shape index (κ1) is 20.8. The van der Waals surface area contributed by atoms with Crippen molar-refractivity contribution in [3.05, 3.63) is 45.9 Å². The van der Waals surface area contributed by atoms with Gasteiger partial charge in [-0.25, -0.2) is 0 Å². The summed E-state index contributed by atoms with van der Waals surface area (Å²) in [7, 11) is -2.21. The smallest absolute Gasteiger partial charge is 0.264 e. The van der Waals surface area contributed by atoms with E-state index in [2.05, 4.69) is 10.0 Å². The topological polar surface area (TPSA) is 122 Å². The molecular formula is C17H22N4O5S. The Labute approximate surface area is 158 Å². The molecule has 0 aliphatic carbocycles. The first-order valence-corrected chi connectivity index (χ1v) is 10.2. The maximum Gasteiger partial charge on any atom is 0.264 e. The molecule has 0 N–H and O–H groups in total. The molecule has 27 heavy (non-hydrogen) atoms. The molecule has 1 aliphatic rings.